The Bertz CT molecular complexity index is 846. The molecule has 2 aromatic carbocycles. The first-order valence-electron chi connectivity index (χ1n) is 9.03. The van der Waals surface area contributed by atoms with E-state index in [-0.39, 0.29) is 11.8 Å². The number of amides is 2. The summed E-state index contributed by atoms with van der Waals surface area (Å²) in [6.45, 7) is 11.3. The second-order valence-electron chi connectivity index (χ2n) is 7.31. The third kappa shape index (κ3) is 3.00. The van der Waals surface area contributed by atoms with Gasteiger partial charge in [-0.1, -0.05) is 25.1 Å². The van der Waals surface area contributed by atoms with Gasteiger partial charge in [-0.25, -0.2) is 0 Å². The number of anilines is 2. The predicted octanol–water partition coefficient (Wildman–Crippen LogP) is 4.07. The van der Waals surface area contributed by atoms with E-state index in [1.165, 1.54) is 27.8 Å². The molecule has 3 rings (SSSR count). The van der Waals surface area contributed by atoms with Crippen molar-refractivity contribution >= 4 is 23.7 Å². The van der Waals surface area contributed by atoms with Gasteiger partial charge in [0.15, 0.2) is 0 Å². The molecule has 136 valence electrons. The summed E-state index contributed by atoms with van der Waals surface area (Å²) < 4.78 is 0. The minimum atomic E-state index is -0.251. The van der Waals surface area contributed by atoms with E-state index >= 15 is 0 Å². The van der Waals surface area contributed by atoms with Gasteiger partial charge in [0.1, 0.15) is 0 Å². The van der Waals surface area contributed by atoms with Gasteiger partial charge in [-0.15, -0.1) is 0 Å². The molecule has 2 amide bonds. The SMILES string of the molecule is Cc1cc(C)c(C)c(CN2C(=O)C(C)CN(C=O)c3ccccc32)c1C. The first kappa shape index (κ1) is 18.2. The van der Waals surface area contributed by atoms with E-state index in [9.17, 15) is 9.59 Å². The van der Waals surface area contributed by atoms with Crippen LogP contribution in [0, 0.1) is 33.6 Å². The van der Waals surface area contributed by atoms with E-state index in [1.807, 2.05) is 36.1 Å². The molecule has 1 aliphatic rings. The van der Waals surface area contributed by atoms with Gasteiger partial charge >= 0.3 is 0 Å². The van der Waals surface area contributed by atoms with Crippen LogP contribution in [-0.4, -0.2) is 18.9 Å². The molecule has 0 aromatic heterocycles. The summed E-state index contributed by atoms with van der Waals surface area (Å²) in [5.41, 5.74) is 7.71. The lowest BCUT2D eigenvalue weighted by Gasteiger charge is -2.27. The van der Waals surface area contributed by atoms with Crippen molar-refractivity contribution in [2.45, 2.75) is 41.2 Å². The zero-order valence-corrected chi connectivity index (χ0v) is 16.2. The molecule has 0 radical (unpaired) electrons. The van der Waals surface area contributed by atoms with Crippen LogP contribution in [0.2, 0.25) is 0 Å². The molecule has 0 saturated heterocycles. The highest BCUT2D eigenvalue weighted by Gasteiger charge is 2.31. The first-order chi connectivity index (χ1) is 12.3. The Morgan fingerprint density at radius 1 is 1.04 bits per heavy atom. The first-order valence-corrected chi connectivity index (χ1v) is 9.03. The molecule has 0 fully saturated rings. The smallest absolute Gasteiger partial charge is 0.231 e. The number of aryl methyl sites for hydroxylation is 2. The van der Waals surface area contributed by atoms with Crippen LogP contribution in [-0.2, 0) is 16.1 Å². The van der Waals surface area contributed by atoms with Gasteiger partial charge in [0.05, 0.1) is 23.8 Å². The molecule has 4 heteroatoms. The van der Waals surface area contributed by atoms with E-state index in [0.717, 1.165) is 17.8 Å². The molecule has 0 bridgehead atoms. The molecule has 1 atom stereocenters. The Balaban J connectivity index is 2.14. The van der Waals surface area contributed by atoms with Crippen LogP contribution < -0.4 is 9.80 Å². The molecular weight excluding hydrogens is 324 g/mol. The van der Waals surface area contributed by atoms with Crippen molar-refractivity contribution in [3.05, 3.63) is 58.1 Å². The molecule has 1 aliphatic heterocycles. The molecule has 0 saturated carbocycles. The van der Waals surface area contributed by atoms with E-state index in [0.29, 0.717) is 13.1 Å². The Kier molecular flexibility index (Phi) is 4.86. The minimum absolute atomic E-state index is 0.0553. The van der Waals surface area contributed by atoms with Crippen molar-refractivity contribution in [2.24, 2.45) is 5.92 Å². The monoisotopic (exact) mass is 350 g/mol. The molecule has 4 nitrogen and oxygen atoms in total. The Hall–Kier alpha value is -2.62. The lowest BCUT2D eigenvalue weighted by Crippen LogP contribution is -2.36. The van der Waals surface area contributed by atoms with Crippen LogP contribution in [0.5, 0.6) is 0 Å². The number of fused-ring (bicyclic) bond motifs is 1. The standard InChI is InChI=1S/C22H26N2O2/c1-14-10-15(2)18(5)19(17(14)4)12-24-21-9-7-6-8-20(21)23(13-25)11-16(3)22(24)26/h6-10,13,16H,11-12H2,1-5H3. The summed E-state index contributed by atoms with van der Waals surface area (Å²) in [7, 11) is 0. The van der Waals surface area contributed by atoms with Crippen molar-refractivity contribution in [3.63, 3.8) is 0 Å². The average molecular weight is 350 g/mol. The van der Waals surface area contributed by atoms with Gasteiger partial charge in [-0.2, -0.15) is 0 Å². The van der Waals surface area contributed by atoms with Crippen LogP contribution in [0.25, 0.3) is 0 Å². The van der Waals surface area contributed by atoms with Crippen LogP contribution >= 0.6 is 0 Å². The minimum Gasteiger partial charge on any atom is -0.312 e. The number of nitrogens with zero attached hydrogens (tertiary/aromatic N) is 2. The number of carbonyl (C=O) groups excluding carboxylic acids is 2. The number of hydrogen-bond donors (Lipinski definition) is 0. The zero-order valence-electron chi connectivity index (χ0n) is 16.2. The van der Waals surface area contributed by atoms with E-state index < -0.39 is 0 Å². The number of hydrogen-bond acceptors (Lipinski definition) is 2. The quantitative estimate of drug-likeness (QED) is 0.783. The van der Waals surface area contributed by atoms with Crippen LogP contribution in [0.15, 0.2) is 30.3 Å². The van der Waals surface area contributed by atoms with Gasteiger partial charge in [0, 0.05) is 6.54 Å². The van der Waals surface area contributed by atoms with Crippen LogP contribution in [0.4, 0.5) is 11.4 Å². The van der Waals surface area contributed by atoms with Crippen LogP contribution in [0.3, 0.4) is 0 Å². The highest BCUT2D eigenvalue weighted by molar-refractivity contribution is 6.02. The van der Waals surface area contributed by atoms with E-state index in [2.05, 4.69) is 33.8 Å². The van der Waals surface area contributed by atoms with Gasteiger partial charge in [-0.05, 0) is 67.6 Å². The Labute approximate surface area is 155 Å². The highest BCUT2D eigenvalue weighted by Crippen LogP contribution is 2.35. The maximum atomic E-state index is 13.1. The molecule has 2 aromatic rings. The summed E-state index contributed by atoms with van der Waals surface area (Å²) >= 11 is 0. The summed E-state index contributed by atoms with van der Waals surface area (Å²) in [4.78, 5) is 28.2. The van der Waals surface area contributed by atoms with E-state index in [4.69, 9.17) is 0 Å². The number of rotatable bonds is 3. The highest BCUT2D eigenvalue weighted by atomic mass is 16.2. The largest absolute Gasteiger partial charge is 0.312 e. The third-order valence-electron chi connectivity index (χ3n) is 5.60. The molecule has 26 heavy (non-hydrogen) atoms. The predicted molar refractivity (Wildman–Crippen MR) is 106 cm³/mol. The Morgan fingerprint density at radius 2 is 1.62 bits per heavy atom. The van der Waals surface area contributed by atoms with Gasteiger partial charge in [0.25, 0.3) is 0 Å². The summed E-state index contributed by atoms with van der Waals surface area (Å²) in [6, 6.07) is 9.85. The molecule has 0 aliphatic carbocycles. The van der Waals surface area contributed by atoms with Crippen LogP contribution in [0.1, 0.15) is 34.7 Å². The van der Waals surface area contributed by atoms with Crippen molar-refractivity contribution in [1.29, 1.82) is 0 Å². The molecule has 1 unspecified atom stereocenters. The fraction of sp³-hybridized carbons (Fsp3) is 0.364. The average Bonchev–Trinajstić information content (AvgIpc) is 2.73. The maximum absolute atomic E-state index is 13.1. The van der Waals surface area contributed by atoms with Crippen molar-refractivity contribution in [1.82, 2.24) is 0 Å². The summed E-state index contributed by atoms with van der Waals surface area (Å²) in [5, 5.41) is 0. The lowest BCUT2D eigenvalue weighted by atomic mass is 9.93. The third-order valence-corrected chi connectivity index (χ3v) is 5.60. The van der Waals surface area contributed by atoms with Crippen molar-refractivity contribution in [2.75, 3.05) is 16.3 Å². The fourth-order valence-electron chi connectivity index (χ4n) is 3.75. The van der Waals surface area contributed by atoms with Crippen molar-refractivity contribution in [3.8, 4) is 0 Å². The second kappa shape index (κ2) is 6.94. The summed E-state index contributed by atoms with van der Waals surface area (Å²) in [6.07, 6.45) is 0.819. The molecule has 1 heterocycles. The molecule has 0 spiro atoms. The Morgan fingerprint density at radius 3 is 2.19 bits per heavy atom. The second-order valence-corrected chi connectivity index (χ2v) is 7.31. The van der Waals surface area contributed by atoms with Gasteiger partial charge in [0.2, 0.25) is 12.3 Å². The maximum Gasteiger partial charge on any atom is 0.231 e. The van der Waals surface area contributed by atoms with Gasteiger partial charge in [-0.3, -0.25) is 9.59 Å². The molecule has 0 N–H and O–H groups in total. The number of benzene rings is 2. The zero-order chi connectivity index (χ0) is 19.0. The molecular formula is C22H26N2O2. The number of para-hydroxylation sites is 2. The van der Waals surface area contributed by atoms with Crippen molar-refractivity contribution < 1.29 is 9.59 Å². The van der Waals surface area contributed by atoms with Gasteiger partial charge < -0.3 is 9.80 Å². The lowest BCUT2D eigenvalue weighted by molar-refractivity contribution is -0.121. The van der Waals surface area contributed by atoms with E-state index in [1.54, 1.807) is 4.90 Å². The summed E-state index contributed by atoms with van der Waals surface area (Å²) in [5.74, 6) is -0.195. The fourth-order valence-corrected chi connectivity index (χ4v) is 3.75. The topological polar surface area (TPSA) is 40.6 Å². The number of carbonyl (C=O) groups is 2. The normalized spacial score (nSPS) is 17.1.